The zero-order valence-electron chi connectivity index (χ0n) is 13.9. The molecule has 2 aromatic carbocycles. The van der Waals surface area contributed by atoms with Gasteiger partial charge < -0.3 is 5.11 Å². The molecule has 4 rings (SSSR count). The summed E-state index contributed by atoms with van der Waals surface area (Å²) >= 11 is 0.669. The summed E-state index contributed by atoms with van der Waals surface area (Å²) in [6.45, 7) is -0.883. The summed E-state index contributed by atoms with van der Waals surface area (Å²) < 4.78 is 60.2. The Bertz CT molecular complexity index is 1100. The van der Waals surface area contributed by atoms with Crippen LogP contribution >= 0.6 is 11.3 Å². The first-order valence-corrected chi connectivity index (χ1v) is 8.75. The van der Waals surface area contributed by atoms with Crippen LogP contribution in [0.4, 0.5) is 17.6 Å². The van der Waals surface area contributed by atoms with Crippen LogP contribution in [-0.2, 0) is 18.1 Å². The number of thiazole rings is 1. The maximum atomic E-state index is 15.6. The summed E-state index contributed by atoms with van der Waals surface area (Å²) in [5.74, 6) is -6.33. The molecule has 1 unspecified atom stereocenters. The Kier molecular flexibility index (Phi) is 4.35. The van der Waals surface area contributed by atoms with Crippen molar-refractivity contribution in [2.24, 2.45) is 0 Å². The highest BCUT2D eigenvalue weighted by atomic mass is 32.1. The zero-order valence-corrected chi connectivity index (χ0v) is 14.7. The molecule has 144 valence electrons. The number of para-hydroxylation sites is 1. The lowest BCUT2D eigenvalue weighted by atomic mass is 9.86. The molecule has 0 aliphatic rings. The van der Waals surface area contributed by atoms with Crippen LogP contribution in [0.2, 0.25) is 0 Å². The minimum Gasteiger partial charge on any atom is -0.377 e. The third-order valence-electron chi connectivity index (χ3n) is 4.24. The van der Waals surface area contributed by atoms with Gasteiger partial charge in [0.2, 0.25) is 0 Å². The molecule has 1 atom stereocenters. The first-order chi connectivity index (χ1) is 13.3. The third kappa shape index (κ3) is 2.92. The highest BCUT2D eigenvalue weighted by Gasteiger charge is 2.58. The highest BCUT2D eigenvalue weighted by molar-refractivity contribution is 7.18. The molecular formula is C17H11F4N5OS. The number of halogens is 4. The van der Waals surface area contributed by atoms with Crippen LogP contribution in [0.3, 0.4) is 0 Å². The van der Waals surface area contributed by atoms with Crippen molar-refractivity contribution < 1.29 is 22.7 Å². The average molecular weight is 409 g/mol. The van der Waals surface area contributed by atoms with Crippen molar-refractivity contribution in [3.05, 3.63) is 71.0 Å². The van der Waals surface area contributed by atoms with E-state index < -0.39 is 40.3 Å². The standard InChI is InChI=1S/C17H11F4N5OS/c18-10-5-6-11(12(19)7-10)16(27,8-26-9-22-24-25-26)17(20,21)15-23-13-3-1-2-4-14(13)28-15/h1-7,9,27H,8H2. The van der Waals surface area contributed by atoms with Crippen molar-refractivity contribution >= 4 is 21.6 Å². The monoisotopic (exact) mass is 409 g/mol. The third-order valence-corrected chi connectivity index (χ3v) is 5.35. The van der Waals surface area contributed by atoms with E-state index in [9.17, 15) is 13.9 Å². The molecule has 2 aromatic heterocycles. The first kappa shape index (κ1) is 18.4. The number of rotatable bonds is 5. The molecule has 2 heterocycles. The van der Waals surface area contributed by atoms with Crippen molar-refractivity contribution in [1.82, 2.24) is 25.2 Å². The molecule has 6 nitrogen and oxygen atoms in total. The van der Waals surface area contributed by atoms with Crippen molar-refractivity contribution in [3.8, 4) is 0 Å². The van der Waals surface area contributed by atoms with Gasteiger partial charge >= 0.3 is 5.92 Å². The van der Waals surface area contributed by atoms with E-state index in [0.717, 1.165) is 23.1 Å². The molecular weight excluding hydrogens is 398 g/mol. The van der Waals surface area contributed by atoms with Crippen LogP contribution in [0.1, 0.15) is 10.6 Å². The Morgan fingerprint density at radius 3 is 2.57 bits per heavy atom. The van der Waals surface area contributed by atoms with Gasteiger partial charge in [-0.25, -0.2) is 18.4 Å². The molecule has 11 heteroatoms. The van der Waals surface area contributed by atoms with Crippen LogP contribution in [0, 0.1) is 11.6 Å². The summed E-state index contributed by atoms with van der Waals surface area (Å²) in [6.07, 6.45) is 1.00. The number of hydrogen-bond donors (Lipinski definition) is 1. The molecule has 0 amide bonds. The van der Waals surface area contributed by atoms with Crippen LogP contribution < -0.4 is 0 Å². The lowest BCUT2D eigenvalue weighted by Crippen LogP contribution is -2.47. The molecule has 28 heavy (non-hydrogen) atoms. The summed E-state index contributed by atoms with van der Waals surface area (Å²) in [7, 11) is 0. The summed E-state index contributed by atoms with van der Waals surface area (Å²) in [5, 5.41) is 20.5. The first-order valence-electron chi connectivity index (χ1n) is 7.94. The molecule has 0 radical (unpaired) electrons. The van der Waals surface area contributed by atoms with E-state index in [-0.39, 0.29) is 0 Å². The number of aromatic nitrogens is 5. The molecule has 0 aliphatic heterocycles. The molecule has 1 N–H and O–H groups in total. The van der Waals surface area contributed by atoms with E-state index in [1.54, 1.807) is 24.3 Å². The van der Waals surface area contributed by atoms with E-state index in [0.29, 0.717) is 27.6 Å². The maximum Gasteiger partial charge on any atom is 0.332 e. The van der Waals surface area contributed by atoms with E-state index in [1.165, 1.54) is 0 Å². The average Bonchev–Trinajstić information content (AvgIpc) is 3.30. The second-order valence-electron chi connectivity index (χ2n) is 6.05. The Morgan fingerprint density at radius 1 is 1.11 bits per heavy atom. The summed E-state index contributed by atoms with van der Waals surface area (Å²) in [6, 6.07) is 8.43. The van der Waals surface area contributed by atoms with Crippen molar-refractivity contribution in [2.75, 3.05) is 0 Å². The number of alkyl halides is 2. The van der Waals surface area contributed by atoms with Gasteiger partial charge in [0, 0.05) is 11.6 Å². The Hall–Kier alpha value is -2.92. The fourth-order valence-corrected chi connectivity index (χ4v) is 3.86. The molecule has 4 aromatic rings. The van der Waals surface area contributed by atoms with Gasteiger partial charge in [-0.05, 0) is 34.7 Å². The van der Waals surface area contributed by atoms with Crippen molar-refractivity contribution in [1.29, 1.82) is 0 Å². The second-order valence-corrected chi connectivity index (χ2v) is 7.08. The fraction of sp³-hybridized carbons (Fsp3) is 0.176. The lowest BCUT2D eigenvalue weighted by molar-refractivity contribution is -0.205. The number of hydrogen-bond acceptors (Lipinski definition) is 6. The number of tetrazole rings is 1. The van der Waals surface area contributed by atoms with Gasteiger partial charge in [-0.1, -0.05) is 12.1 Å². The van der Waals surface area contributed by atoms with Crippen LogP contribution in [0.5, 0.6) is 0 Å². The topological polar surface area (TPSA) is 76.7 Å². The zero-order chi connectivity index (χ0) is 19.9. The smallest absolute Gasteiger partial charge is 0.332 e. The van der Waals surface area contributed by atoms with Gasteiger partial charge in [0.25, 0.3) is 0 Å². The van der Waals surface area contributed by atoms with Gasteiger partial charge in [0.1, 0.15) is 18.0 Å². The van der Waals surface area contributed by atoms with Gasteiger partial charge in [0.05, 0.1) is 16.8 Å². The van der Waals surface area contributed by atoms with E-state index in [4.69, 9.17) is 0 Å². The highest BCUT2D eigenvalue weighted by Crippen LogP contribution is 2.49. The Morgan fingerprint density at radius 2 is 1.89 bits per heavy atom. The van der Waals surface area contributed by atoms with Gasteiger partial charge in [-0.15, -0.1) is 16.4 Å². The van der Waals surface area contributed by atoms with Crippen molar-refractivity contribution in [2.45, 2.75) is 18.1 Å². The number of fused-ring (bicyclic) bond motifs is 1. The molecule has 0 saturated carbocycles. The maximum absolute atomic E-state index is 15.6. The van der Waals surface area contributed by atoms with Crippen molar-refractivity contribution in [3.63, 3.8) is 0 Å². The predicted octanol–water partition coefficient (Wildman–Crippen LogP) is 3.24. The number of aliphatic hydroxyl groups is 1. The second kappa shape index (κ2) is 6.60. The van der Waals surface area contributed by atoms with E-state index >= 15 is 8.78 Å². The van der Waals surface area contributed by atoms with Gasteiger partial charge in [0.15, 0.2) is 10.6 Å². The minimum absolute atomic E-state index is 0.312. The van der Waals surface area contributed by atoms with E-state index in [2.05, 4.69) is 20.5 Å². The quantitative estimate of drug-likeness (QED) is 0.512. The molecule has 0 fully saturated rings. The van der Waals surface area contributed by atoms with Crippen LogP contribution in [-0.4, -0.2) is 30.3 Å². The molecule has 0 bridgehead atoms. The molecule has 0 saturated heterocycles. The van der Waals surface area contributed by atoms with Gasteiger partial charge in [-0.3, -0.25) is 0 Å². The lowest BCUT2D eigenvalue weighted by Gasteiger charge is -2.34. The Balaban J connectivity index is 1.90. The number of benzene rings is 2. The predicted molar refractivity (Wildman–Crippen MR) is 91.6 cm³/mol. The van der Waals surface area contributed by atoms with E-state index in [1.807, 2.05) is 0 Å². The fourth-order valence-electron chi connectivity index (χ4n) is 2.85. The largest absolute Gasteiger partial charge is 0.377 e. The SMILES string of the molecule is OC(Cn1cnnn1)(c1ccc(F)cc1F)C(F)(F)c1nc2ccccc2s1. The minimum atomic E-state index is -4.04. The van der Waals surface area contributed by atoms with Gasteiger partial charge in [-0.2, -0.15) is 8.78 Å². The number of nitrogens with zero attached hydrogens (tertiary/aromatic N) is 5. The summed E-state index contributed by atoms with van der Waals surface area (Å²) in [5.41, 5.74) is -3.62. The Labute approximate surface area is 159 Å². The summed E-state index contributed by atoms with van der Waals surface area (Å²) in [4.78, 5) is 3.90. The van der Waals surface area contributed by atoms with Crippen LogP contribution in [0.15, 0.2) is 48.8 Å². The molecule has 0 spiro atoms. The van der Waals surface area contributed by atoms with Crippen LogP contribution in [0.25, 0.3) is 10.2 Å². The normalized spacial score (nSPS) is 14.3. The molecule has 0 aliphatic carbocycles.